The molecule has 1 fully saturated rings. The molecule has 3 rings (SSSR count). The van der Waals surface area contributed by atoms with Crippen molar-refractivity contribution >= 4 is 16.7 Å². The first kappa shape index (κ1) is 14.0. The second kappa shape index (κ2) is 5.44. The van der Waals surface area contributed by atoms with Gasteiger partial charge in [0.25, 0.3) is 5.69 Å². The Bertz CT molecular complexity index is 672. The third kappa shape index (κ3) is 2.51. The van der Waals surface area contributed by atoms with Crippen molar-refractivity contribution in [2.45, 2.75) is 51.2 Å². The van der Waals surface area contributed by atoms with Gasteiger partial charge in [0.15, 0.2) is 0 Å². The SMILES string of the molecule is C[C@@H](O)c1nc2cc([N+](=O)[O-])ccc2n1C1CCCCC1. The molecule has 21 heavy (non-hydrogen) atoms. The summed E-state index contributed by atoms with van der Waals surface area (Å²) < 4.78 is 2.09. The summed E-state index contributed by atoms with van der Waals surface area (Å²) in [5, 5.41) is 20.9. The smallest absolute Gasteiger partial charge is 0.271 e. The molecule has 2 aromatic rings. The van der Waals surface area contributed by atoms with Crippen LogP contribution < -0.4 is 0 Å². The van der Waals surface area contributed by atoms with Gasteiger partial charge in [-0.1, -0.05) is 19.3 Å². The fraction of sp³-hybridized carbons (Fsp3) is 0.533. The first-order chi connectivity index (χ1) is 10.1. The zero-order valence-electron chi connectivity index (χ0n) is 12.0. The van der Waals surface area contributed by atoms with E-state index in [-0.39, 0.29) is 5.69 Å². The predicted molar refractivity (Wildman–Crippen MR) is 79.1 cm³/mol. The Morgan fingerprint density at radius 3 is 2.71 bits per heavy atom. The van der Waals surface area contributed by atoms with E-state index in [0.29, 0.717) is 17.4 Å². The highest BCUT2D eigenvalue weighted by molar-refractivity contribution is 5.79. The Morgan fingerprint density at radius 1 is 1.38 bits per heavy atom. The van der Waals surface area contributed by atoms with Gasteiger partial charge in [0.1, 0.15) is 11.9 Å². The number of imidazole rings is 1. The van der Waals surface area contributed by atoms with Crippen LogP contribution in [0.15, 0.2) is 18.2 Å². The average Bonchev–Trinajstić information content (AvgIpc) is 2.86. The second-order valence-electron chi connectivity index (χ2n) is 5.74. The van der Waals surface area contributed by atoms with Crippen LogP contribution in [-0.2, 0) is 0 Å². The third-order valence-electron chi connectivity index (χ3n) is 4.22. The van der Waals surface area contributed by atoms with Crippen LogP contribution in [0.25, 0.3) is 11.0 Å². The number of rotatable bonds is 3. The van der Waals surface area contributed by atoms with Gasteiger partial charge < -0.3 is 9.67 Å². The topological polar surface area (TPSA) is 81.2 Å². The van der Waals surface area contributed by atoms with E-state index in [1.54, 1.807) is 13.0 Å². The van der Waals surface area contributed by atoms with Gasteiger partial charge in [0.2, 0.25) is 0 Å². The molecule has 1 aromatic carbocycles. The molecule has 0 unspecified atom stereocenters. The molecule has 1 aliphatic rings. The van der Waals surface area contributed by atoms with Crippen molar-refractivity contribution in [1.82, 2.24) is 9.55 Å². The van der Waals surface area contributed by atoms with E-state index < -0.39 is 11.0 Å². The highest BCUT2D eigenvalue weighted by atomic mass is 16.6. The molecule has 112 valence electrons. The molecule has 0 saturated heterocycles. The molecule has 1 atom stereocenters. The lowest BCUT2D eigenvalue weighted by Crippen LogP contribution is -2.16. The second-order valence-corrected chi connectivity index (χ2v) is 5.74. The highest BCUT2D eigenvalue weighted by Crippen LogP contribution is 2.34. The first-order valence-electron chi connectivity index (χ1n) is 7.42. The lowest BCUT2D eigenvalue weighted by molar-refractivity contribution is -0.384. The van der Waals surface area contributed by atoms with Crippen molar-refractivity contribution in [3.8, 4) is 0 Å². The van der Waals surface area contributed by atoms with Crippen molar-refractivity contribution < 1.29 is 10.0 Å². The number of hydrogen-bond donors (Lipinski definition) is 1. The molecule has 0 spiro atoms. The number of nitro benzene ring substituents is 1. The number of non-ortho nitro benzene ring substituents is 1. The van der Waals surface area contributed by atoms with E-state index in [9.17, 15) is 15.2 Å². The molecule has 1 saturated carbocycles. The molecule has 6 nitrogen and oxygen atoms in total. The molecule has 0 radical (unpaired) electrons. The number of nitro groups is 1. The highest BCUT2D eigenvalue weighted by Gasteiger charge is 2.24. The Hall–Kier alpha value is -1.95. The van der Waals surface area contributed by atoms with Gasteiger partial charge in [0.05, 0.1) is 16.0 Å². The maximum Gasteiger partial charge on any atom is 0.271 e. The molecular formula is C15H19N3O3. The van der Waals surface area contributed by atoms with Gasteiger partial charge in [-0.15, -0.1) is 0 Å². The minimum absolute atomic E-state index is 0.0351. The summed E-state index contributed by atoms with van der Waals surface area (Å²) in [7, 11) is 0. The third-order valence-corrected chi connectivity index (χ3v) is 4.22. The summed E-state index contributed by atoms with van der Waals surface area (Å²) in [6.45, 7) is 1.69. The summed E-state index contributed by atoms with van der Waals surface area (Å²) >= 11 is 0. The van der Waals surface area contributed by atoms with Gasteiger partial charge in [-0.25, -0.2) is 4.98 Å². The van der Waals surface area contributed by atoms with Crippen LogP contribution in [0.2, 0.25) is 0 Å². The maximum absolute atomic E-state index is 10.9. The predicted octanol–water partition coefficient (Wildman–Crippen LogP) is 3.50. The normalized spacial score (nSPS) is 18.0. The standard InChI is InChI=1S/C15H19N3O3/c1-10(19)15-16-13-9-12(18(20)21)7-8-14(13)17(15)11-5-3-2-4-6-11/h7-11,19H,2-6H2,1H3/t10-/m1/s1. The van der Waals surface area contributed by atoms with Crippen LogP contribution in [-0.4, -0.2) is 19.6 Å². The summed E-state index contributed by atoms with van der Waals surface area (Å²) in [5.41, 5.74) is 1.50. The van der Waals surface area contributed by atoms with Crippen molar-refractivity contribution in [2.75, 3.05) is 0 Å². The monoisotopic (exact) mass is 289 g/mol. The van der Waals surface area contributed by atoms with Crippen molar-refractivity contribution in [1.29, 1.82) is 0 Å². The largest absolute Gasteiger partial charge is 0.385 e. The Kier molecular flexibility index (Phi) is 3.63. The van der Waals surface area contributed by atoms with E-state index in [4.69, 9.17) is 0 Å². The van der Waals surface area contributed by atoms with E-state index in [0.717, 1.165) is 18.4 Å². The number of aliphatic hydroxyl groups is 1. The number of hydrogen-bond acceptors (Lipinski definition) is 4. The van der Waals surface area contributed by atoms with Gasteiger partial charge in [-0.05, 0) is 25.8 Å². The molecule has 0 aliphatic heterocycles. The fourth-order valence-electron chi connectivity index (χ4n) is 3.24. The minimum Gasteiger partial charge on any atom is -0.385 e. The van der Waals surface area contributed by atoms with E-state index in [1.165, 1.54) is 31.4 Å². The Morgan fingerprint density at radius 2 is 2.10 bits per heavy atom. The van der Waals surface area contributed by atoms with Crippen molar-refractivity contribution in [3.63, 3.8) is 0 Å². The molecular weight excluding hydrogens is 270 g/mol. The molecule has 0 bridgehead atoms. The number of benzene rings is 1. The van der Waals surface area contributed by atoms with Crippen LogP contribution >= 0.6 is 0 Å². The zero-order valence-corrected chi connectivity index (χ0v) is 12.0. The molecule has 0 amide bonds. The molecule has 1 aromatic heterocycles. The first-order valence-corrected chi connectivity index (χ1v) is 7.42. The fourth-order valence-corrected chi connectivity index (χ4v) is 3.24. The minimum atomic E-state index is -0.682. The average molecular weight is 289 g/mol. The van der Waals surface area contributed by atoms with Crippen molar-refractivity contribution in [2.24, 2.45) is 0 Å². The van der Waals surface area contributed by atoms with Crippen LogP contribution in [0.4, 0.5) is 5.69 Å². The van der Waals surface area contributed by atoms with Crippen LogP contribution in [0.5, 0.6) is 0 Å². The van der Waals surface area contributed by atoms with Crippen molar-refractivity contribution in [3.05, 3.63) is 34.1 Å². The summed E-state index contributed by atoms with van der Waals surface area (Å²) in [6, 6.07) is 5.08. The quantitative estimate of drug-likeness (QED) is 0.692. The summed E-state index contributed by atoms with van der Waals surface area (Å²) in [6.07, 6.45) is 5.06. The van der Waals surface area contributed by atoms with Crippen LogP contribution in [0, 0.1) is 10.1 Å². The number of fused-ring (bicyclic) bond motifs is 1. The summed E-state index contributed by atoms with van der Waals surface area (Å²) in [5.74, 6) is 0.609. The van der Waals surface area contributed by atoms with E-state index >= 15 is 0 Å². The van der Waals surface area contributed by atoms with Crippen LogP contribution in [0.1, 0.15) is 57.0 Å². The van der Waals surface area contributed by atoms with Gasteiger partial charge in [-0.2, -0.15) is 0 Å². The number of aromatic nitrogens is 2. The Labute approximate surface area is 122 Å². The molecule has 6 heteroatoms. The van der Waals surface area contributed by atoms with E-state index in [1.807, 2.05) is 0 Å². The lowest BCUT2D eigenvalue weighted by atomic mass is 9.95. The molecule has 1 N–H and O–H groups in total. The number of aliphatic hydroxyl groups excluding tert-OH is 1. The summed E-state index contributed by atoms with van der Waals surface area (Å²) in [4.78, 5) is 14.9. The van der Waals surface area contributed by atoms with Gasteiger partial charge >= 0.3 is 0 Å². The van der Waals surface area contributed by atoms with Crippen LogP contribution in [0.3, 0.4) is 0 Å². The number of nitrogens with zero attached hydrogens (tertiary/aromatic N) is 3. The maximum atomic E-state index is 10.9. The molecule has 1 aliphatic carbocycles. The van der Waals surface area contributed by atoms with Gasteiger partial charge in [0, 0.05) is 18.2 Å². The lowest BCUT2D eigenvalue weighted by Gasteiger charge is -2.26. The zero-order chi connectivity index (χ0) is 15.0. The Balaban J connectivity index is 2.15. The van der Waals surface area contributed by atoms with E-state index in [2.05, 4.69) is 9.55 Å². The molecule has 1 heterocycles. The van der Waals surface area contributed by atoms with Gasteiger partial charge in [-0.3, -0.25) is 10.1 Å².